The van der Waals surface area contributed by atoms with E-state index in [1.165, 1.54) is 36.4 Å². The Bertz CT molecular complexity index is 1780. The molecular formula is C29H25F3N6O3S. The molecule has 0 aliphatic heterocycles. The van der Waals surface area contributed by atoms with Crippen molar-refractivity contribution in [3.63, 3.8) is 0 Å². The topological polar surface area (TPSA) is 123 Å². The Morgan fingerprint density at radius 1 is 1.05 bits per heavy atom. The first kappa shape index (κ1) is 29.0. The van der Waals surface area contributed by atoms with Crippen LogP contribution in [0.25, 0.3) is 10.5 Å². The summed E-state index contributed by atoms with van der Waals surface area (Å²) in [5, 5.41) is 15.0. The van der Waals surface area contributed by atoms with Gasteiger partial charge in [-0.05, 0) is 72.8 Å². The number of primary sulfonamides is 1. The second kappa shape index (κ2) is 11.4. The van der Waals surface area contributed by atoms with E-state index in [1.54, 1.807) is 30.3 Å². The van der Waals surface area contributed by atoms with Crippen molar-refractivity contribution in [3.8, 4) is 5.69 Å². The Labute approximate surface area is 240 Å². The summed E-state index contributed by atoms with van der Waals surface area (Å²) < 4.78 is 65.0. The van der Waals surface area contributed by atoms with Crippen molar-refractivity contribution in [2.24, 2.45) is 11.1 Å². The van der Waals surface area contributed by atoms with Gasteiger partial charge in [0.2, 0.25) is 10.0 Å². The summed E-state index contributed by atoms with van der Waals surface area (Å²) in [5.74, 6) is -0.299. The van der Waals surface area contributed by atoms with Crippen LogP contribution < -0.4 is 15.8 Å². The minimum atomic E-state index is -4.79. The van der Waals surface area contributed by atoms with E-state index in [9.17, 15) is 26.4 Å². The first-order chi connectivity index (χ1) is 19.9. The quantitative estimate of drug-likeness (QED) is 0.223. The molecule has 9 nitrogen and oxygen atoms in total. The molecule has 13 heteroatoms. The summed E-state index contributed by atoms with van der Waals surface area (Å²) in [4.78, 5) is 16.6. The zero-order valence-electron chi connectivity index (χ0n) is 22.0. The number of hydrogen-bond acceptors (Lipinski definition) is 5. The number of hydrogen-bond donors (Lipinski definition) is 3. The zero-order chi connectivity index (χ0) is 30.1. The van der Waals surface area contributed by atoms with Crippen molar-refractivity contribution >= 4 is 27.3 Å². The van der Waals surface area contributed by atoms with E-state index >= 15 is 0 Å². The minimum Gasteiger partial charge on any atom is -0.321 e. The van der Waals surface area contributed by atoms with Crippen LogP contribution in [0.1, 0.15) is 46.2 Å². The number of alkyl halides is 3. The first-order valence-electron chi connectivity index (χ1n) is 12.8. The molecule has 1 amide bonds. The highest BCUT2D eigenvalue weighted by molar-refractivity contribution is 7.89. The van der Waals surface area contributed by atoms with Gasteiger partial charge in [0.15, 0.2) is 11.4 Å². The normalized spacial score (nSPS) is 14.3. The van der Waals surface area contributed by atoms with E-state index < -0.39 is 27.8 Å². The largest absolute Gasteiger partial charge is 0.435 e. The molecule has 1 atom stereocenters. The predicted octanol–water partition coefficient (Wildman–Crippen LogP) is 5.43. The predicted molar refractivity (Wildman–Crippen MR) is 150 cm³/mol. The number of sulfonamides is 1. The Hall–Kier alpha value is -4.51. The molecule has 1 heterocycles. The van der Waals surface area contributed by atoms with Crippen molar-refractivity contribution in [1.29, 1.82) is 0 Å². The zero-order valence-corrected chi connectivity index (χ0v) is 22.8. The van der Waals surface area contributed by atoms with Crippen LogP contribution in [0.15, 0.2) is 83.8 Å². The lowest BCUT2D eigenvalue weighted by molar-refractivity contribution is -0.141. The van der Waals surface area contributed by atoms with Crippen LogP contribution in [-0.2, 0) is 16.2 Å². The van der Waals surface area contributed by atoms with Crippen LogP contribution in [0.2, 0.25) is 0 Å². The highest BCUT2D eigenvalue weighted by Gasteiger charge is 2.36. The summed E-state index contributed by atoms with van der Waals surface area (Å²) in [5.41, 5.74) is 0.527. The van der Waals surface area contributed by atoms with E-state index in [-0.39, 0.29) is 28.0 Å². The first-order valence-corrected chi connectivity index (χ1v) is 14.4. The highest BCUT2D eigenvalue weighted by Crippen LogP contribution is 2.32. The van der Waals surface area contributed by atoms with Gasteiger partial charge < -0.3 is 10.6 Å². The molecule has 1 fully saturated rings. The molecule has 216 valence electrons. The van der Waals surface area contributed by atoms with Gasteiger partial charge >= 0.3 is 6.18 Å². The van der Waals surface area contributed by atoms with Crippen molar-refractivity contribution in [2.45, 2.75) is 30.0 Å². The third-order valence-electron chi connectivity index (χ3n) is 6.76. The molecular weight excluding hydrogens is 569 g/mol. The summed E-state index contributed by atoms with van der Waals surface area (Å²) >= 11 is 0. The summed E-state index contributed by atoms with van der Waals surface area (Å²) in [6, 6.07) is 19.1. The van der Waals surface area contributed by atoms with E-state index in [0.29, 0.717) is 17.7 Å². The van der Waals surface area contributed by atoms with Gasteiger partial charge in [-0.1, -0.05) is 36.4 Å². The Kier molecular flexibility index (Phi) is 7.87. The lowest BCUT2D eigenvalue weighted by Gasteiger charge is -2.21. The molecule has 1 unspecified atom stereocenters. The van der Waals surface area contributed by atoms with Crippen LogP contribution in [0.4, 0.5) is 24.5 Å². The second-order valence-electron chi connectivity index (χ2n) is 9.93. The fraction of sp³-hybridized carbons (Fsp3) is 0.207. The number of nitrogens with one attached hydrogen (secondary N) is 2. The molecule has 0 radical (unpaired) electrons. The molecule has 3 aromatic carbocycles. The standard InChI is InChI=1S/C29H25F3N6O3S/c1-34-21-5-3-7-23(15-21)38-25(16-26(37-38)29(30,31)32)28(39)36-22-6-2-4-20(14-22)27(35-17-18-8-9-18)19-10-12-24(13-11-19)42(33,40)41/h2-7,10-16,18,27,35H,8-9,17H2,(H,36,39)(H2,33,40,41). The smallest absolute Gasteiger partial charge is 0.321 e. The van der Waals surface area contributed by atoms with Gasteiger partial charge in [-0.25, -0.2) is 23.1 Å². The van der Waals surface area contributed by atoms with E-state index in [4.69, 9.17) is 11.7 Å². The monoisotopic (exact) mass is 594 g/mol. The maximum atomic E-state index is 13.6. The molecule has 1 aliphatic carbocycles. The van der Waals surface area contributed by atoms with Crippen LogP contribution in [0.5, 0.6) is 0 Å². The molecule has 0 bridgehead atoms. The van der Waals surface area contributed by atoms with Gasteiger partial charge in [0.05, 0.1) is 23.2 Å². The molecule has 4 N–H and O–H groups in total. The molecule has 1 aromatic heterocycles. The van der Waals surface area contributed by atoms with Crippen molar-refractivity contribution < 1.29 is 26.4 Å². The van der Waals surface area contributed by atoms with Gasteiger partial charge in [-0.15, -0.1) is 0 Å². The Balaban J connectivity index is 1.46. The fourth-order valence-corrected chi connectivity index (χ4v) is 4.96. The second-order valence-corrected chi connectivity index (χ2v) is 11.5. The minimum absolute atomic E-state index is 0.0232. The third kappa shape index (κ3) is 6.68. The van der Waals surface area contributed by atoms with Crippen LogP contribution in [-0.4, -0.2) is 30.7 Å². The summed E-state index contributed by atoms with van der Waals surface area (Å²) in [6.45, 7) is 7.93. The average molecular weight is 595 g/mol. The number of carbonyl (C=O) groups is 1. The lowest BCUT2D eigenvalue weighted by Crippen LogP contribution is -2.25. The van der Waals surface area contributed by atoms with Gasteiger partial charge in [0.1, 0.15) is 5.69 Å². The maximum absolute atomic E-state index is 13.6. The maximum Gasteiger partial charge on any atom is 0.435 e. The highest BCUT2D eigenvalue weighted by atomic mass is 32.2. The van der Waals surface area contributed by atoms with Crippen molar-refractivity contribution in [3.05, 3.63) is 113 Å². The Morgan fingerprint density at radius 3 is 2.40 bits per heavy atom. The number of carbonyl (C=O) groups excluding carboxylic acids is 1. The number of nitrogens with zero attached hydrogens (tertiary/aromatic N) is 3. The van der Waals surface area contributed by atoms with Gasteiger partial charge in [-0.3, -0.25) is 4.79 Å². The van der Waals surface area contributed by atoms with Crippen LogP contribution in [0, 0.1) is 12.5 Å². The summed E-state index contributed by atoms with van der Waals surface area (Å²) in [6.07, 6.45) is -2.59. The SMILES string of the molecule is [C-]#[N+]c1cccc(-n2nc(C(F)(F)F)cc2C(=O)Nc2cccc(C(NCC3CC3)c3ccc(S(N)(=O)=O)cc3)c2)c1. The number of aromatic nitrogens is 2. The lowest BCUT2D eigenvalue weighted by atomic mass is 9.98. The van der Waals surface area contributed by atoms with Gasteiger partial charge in [0.25, 0.3) is 5.91 Å². The van der Waals surface area contributed by atoms with E-state index in [0.717, 1.165) is 35.2 Å². The number of halogens is 3. The van der Waals surface area contributed by atoms with Crippen LogP contribution in [0.3, 0.4) is 0 Å². The van der Waals surface area contributed by atoms with E-state index in [1.807, 2.05) is 6.07 Å². The van der Waals surface area contributed by atoms with E-state index in [2.05, 4.69) is 20.6 Å². The average Bonchev–Trinajstić information content (AvgIpc) is 3.66. The number of rotatable bonds is 9. The number of benzene rings is 3. The number of nitrogens with two attached hydrogens (primary N) is 1. The number of amides is 1. The molecule has 4 aromatic rings. The van der Waals surface area contributed by atoms with Crippen LogP contribution >= 0.6 is 0 Å². The molecule has 0 spiro atoms. The van der Waals surface area contributed by atoms with Gasteiger partial charge in [0, 0.05) is 11.8 Å². The molecule has 1 saturated carbocycles. The Morgan fingerprint density at radius 2 is 1.76 bits per heavy atom. The molecule has 42 heavy (non-hydrogen) atoms. The number of anilines is 1. The molecule has 0 saturated heterocycles. The third-order valence-corrected chi connectivity index (χ3v) is 7.69. The molecule has 5 rings (SSSR count). The van der Waals surface area contributed by atoms with Crippen molar-refractivity contribution in [1.82, 2.24) is 15.1 Å². The molecule has 1 aliphatic rings. The van der Waals surface area contributed by atoms with Crippen molar-refractivity contribution in [2.75, 3.05) is 11.9 Å². The van der Waals surface area contributed by atoms with Gasteiger partial charge in [-0.2, -0.15) is 18.3 Å². The fourth-order valence-electron chi connectivity index (χ4n) is 4.45. The summed E-state index contributed by atoms with van der Waals surface area (Å²) in [7, 11) is -3.87.